The van der Waals surface area contributed by atoms with Crippen LogP contribution in [0.3, 0.4) is 0 Å². The summed E-state index contributed by atoms with van der Waals surface area (Å²) < 4.78 is 0. The zero-order valence-corrected chi connectivity index (χ0v) is 18.2. The molecule has 0 spiro atoms. The maximum absolute atomic E-state index is 2.34. The van der Waals surface area contributed by atoms with Gasteiger partial charge in [-0.25, -0.2) is 0 Å². The Morgan fingerprint density at radius 1 is 0.462 bits per heavy atom. The van der Waals surface area contributed by atoms with Crippen LogP contribution in [0.4, 0.5) is 0 Å². The van der Waals surface area contributed by atoms with Gasteiger partial charge in [-0.05, 0) is 80.5 Å². The molecule has 0 bridgehead atoms. The molecule has 0 heteroatoms. The number of hydrogen-bond donors (Lipinski definition) is 0. The monoisotopic (exact) mass is 360 g/mol. The lowest BCUT2D eigenvalue weighted by atomic mass is 9.60. The smallest absolute Gasteiger partial charge is 0.0383 e. The van der Waals surface area contributed by atoms with Crippen molar-refractivity contribution >= 4 is 0 Å². The second kappa shape index (κ2) is 11.1. The van der Waals surface area contributed by atoms with Crippen molar-refractivity contribution in [1.29, 1.82) is 0 Å². The molecule has 4 atom stereocenters. The van der Waals surface area contributed by atoms with Crippen LogP contribution in [-0.2, 0) is 0 Å². The van der Waals surface area contributed by atoms with Crippen molar-refractivity contribution in [3.8, 4) is 0 Å². The summed E-state index contributed by atoms with van der Waals surface area (Å²) in [4.78, 5) is 0. The Morgan fingerprint density at radius 3 is 1.58 bits per heavy atom. The lowest BCUT2D eigenvalue weighted by Gasteiger charge is -2.45. The topological polar surface area (TPSA) is 0 Å². The van der Waals surface area contributed by atoms with E-state index in [2.05, 4.69) is 13.8 Å². The zero-order chi connectivity index (χ0) is 18.2. The van der Waals surface area contributed by atoms with Crippen molar-refractivity contribution in [2.75, 3.05) is 0 Å². The van der Waals surface area contributed by atoms with E-state index in [-0.39, 0.29) is 0 Å². The van der Waals surface area contributed by atoms with Gasteiger partial charge in [-0.15, -0.1) is 0 Å². The van der Waals surface area contributed by atoms with Gasteiger partial charge in [-0.2, -0.15) is 0 Å². The molecule has 0 radical (unpaired) electrons. The molecule has 0 heterocycles. The van der Waals surface area contributed by atoms with Crippen LogP contribution in [0.15, 0.2) is 0 Å². The average Bonchev–Trinajstić information content (AvgIpc) is 2.68. The normalized spacial score (nSPS) is 38.1. The van der Waals surface area contributed by atoms with Gasteiger partial charge in [-0.3, -0.25) is 0 Å². The van der Waals surface area contributed by atoms with Crippen LogP contribution in [0.5, 0.6) is 0 Å². The molecule has 0 nitrogen and oxygen atoms in total. The fourth-order valence-corrected chi connectivity index (χ4v) is 7.03. The first-order chi connectivity index (χ1) is 12.8. The van der Waals surface area contributed by atoms with Gasteiger partial charge in [0.2, 0.25) is 0 Å². The summed E-state index contributed by atoms with van der Waals surface area (Å²) in [6, 6.07) is 0. The van der Waals surface area contributed by atoms with Crippen LogP contribution in [0, 0.1) is 35.5 Å². The van der Waals surface area contributed by atoms with Gasteiger partial charge >= 0.3 is 0 Å². The van der Waals surface area contributed by atoms with E-state index in [9.17, 15) is 0 Å². The van der Waals surface area contributed by atoms with Gasteiger partial charge in [0, 0.05) is 0 Å². The molecular weight excluding hydrogens is 312 g/mol. The molecule has 3 aliphatic rings. The van der Waals surface area contributed by atoms with Gasteiger partial charge < -0.3 is 0 Å². The summed E-state index contributed by atoms with van der Waals surface area (Å²) in [6.45, 7) is 4.68. The molecule has 0 N–H and O–H groups in total. The predicted molar refractivity (Wildman–Crippen MR) is 115 cm³/mol. The number of rotatable bonds is 9. The van der Waals surface area contributed by atoms with E-state index in [0.717, 1.165) is 35.5 Å². The minimum atomic E-state index is 1.09. The molecule has 0 aliphatic heterocycles. The van der Waals surface area contributed by atoms with Gasteiger partial charge in [0.1, 0.15) is 0 Å². The molecule has 3 aliphatic carbocycles. The Morgan fingerprint density at radius 2 is 0.923 bits per heavy atom. The first-order valence-electron chi connectivity index (χ1n) is 12.8. The zero-order valence-electron chi connectivity index (χ0n) is 18.2. The highest BCUT2D eigenvalue weighted by atomic mass is 14.4. The Hall–Kier alpha value is 0. The first kappa shape index (κ1) is 20.7. The van der Waals surface area contributed by atoms with E-state index in [0.29, 0.717) is 0 Å². The summed E-state index contributed by atoms with van der Waals surface area (Å²) in [5.74, 6) is 6.66. The third kappa shape index (κ3) is 6.00. The largest absolute Gasteiger partial charge is 0.0654 e. The fourth-order valence-electron chi connectivity index (χ4n) is 7.03. The Labute approximate surface area is 165 Å². The highest BCUT2D eigenvalue weighted by Gasteiger charge is 2.38. The highest BCUT2D eigenvalue weighted by molar-refractivity contribution is 4.89. The second-order valence-electron chi connectivity index (χ2n) is 10.5. The van der Waals surface area contributed by atoms with E-state index >= 15 is 0 Å². The number of hydrogen-bond acceptors (Lipinski definition) is 0. The Bertz CT molecular complexity index is 361. The SMILES string of the molecule is CCCCCC1CCC([C@@H]2CC[C@H]3C[C@@H](CCCCC)CC[C@@H]3C2)CC1. The van der Waals surface area contributed by atoms with Gasteiger partial charge in [0.05, 0.1) is 0 Å². The van der Waals surface area contributed by atoms with Crippen LogP contribution in [0.25, 0.3) is 0 Å². The van der Waals surface area contributed by atoms with Gasteiger partial charge in [0.25, 0.3) is 0 Å². The molecule has 3 fully saturated rings. The molecule has 0 aromatic rings. The molecule has 3 rings (SSSR count). The van der Waals surface area contributed by atoms with Crippen LogP contribution >= 0.6 is 0 Å². The van der Waals surface area contributed by atoms with E-state index in [1.807, 2.05) is 0 Å². The quantitative estimate of drug-likeness (QED) is 0.360. The molecule has 0 aromatic carbocycles. The third-order valence-electron chi connectivity index (χ3n) is 8.75. The Balaban J connectivity index is 1.36. The van der Waals surface area contributed by atoms with Crippen molar-refractivity contribution < 1.29 is 0 Å². The van der Waals surface area contributed by atoms with Crippen molar-refractivity contribution in [1.82, 2.24) is 0 Å². The maximum Gasteiger partial charge on any atom is -0.0383 e. The maximum atomic E-state index is 2.34. The Kier molecular flexibility index (Phi) is 8.86. The molecule has 3 saturated carbocycles. The van der Waals surface area contributed by atoms with Crippen LogP contribution in [-0.4, -0.2) is 0 Å². The van der Waals surface area contributed by atoms with E-state index in [1.165, 1.54) is 44.9 Å². The lowest BCUT2D eigenvalue weighted by molar-refractivity contribution is 0.0574. The first-order valence-corrected chi connectivity index (χ1v) is 12.8. The summed E-state index contributed by atoms with van der Waals surface area (Å²) in [5, 5.41) is 0. The highest BCUT2D eigenvalue weighted by Crippen LogP contribution is 2.49. The number of fused-ring (bicyclic) bond motifs is 1. The number of unbranched alkanes of at least 4 members (excludes halogenated alkanes) is 4. The second-order valence-corrected chi connectivity index (χ2v) is 10.5. The molecule has 152 valence electrons. The van der Waals surface area contributed by atoms with Crippen molar-refractivity contribution in [3.63, 3.8) is 0 Å². The van der Waals surface area contributed by atoms with Crippen LogP contribution in [0.1, 0.15) is 129 Å². The van der Waals surface area contributed by atoms with E-state index < -0.39 is 0 Å². The minimum absolute atomic E-state index is 1.09. The predicted octanol–water partition coefficient (Wildman–Crippen LogP) is 8.79. The minimum Gasteiger partial charge on any atom is -0.0654 e. The average molecular weight is 361 g/mol. The molecule has 0 saturated heterocycles. The molecular formula is C26H48. The molecule has 0 unspecified atom stereocenters. The summed E-state index contributed by atoms with van der Waals surface area (Å²) in [6.07, 6.45) is 27.7. The molecule has 26 heavy (non-hydrogen) atoms. The molecule has 0 amide bonds. The van der Waals surface area contributed by atoms with Crippen LogP contribution in [0.2, 0.25) is 0 Å². The molecule has 0 aromatic heterocycles. The van der Waals surface area contributed by atoms with Gasteiger partial charge in [0.15, 0.2) is 0 Å². The lowest BCUT2D eigenvalue weighted by Crippen LogP contribution is -2.34. The van der Waals surface area contributed by atoms with Gasteiger partial charge in [-0.1, -0.05) is 84.5 Å². The summed E-state index contributed by atoms with van der Waals surface area (Å²) in [5.41, 5.74) is 0. The van der Waals surface area contributed by atoms with Crippen LogP contribution < -0.4 is 0 Å². The van der Waals surface area contributed by atoms with E-state index in [1.54, 1.807) is 70.6 Å². The standard InChI is InChI=1S/C26H48/c1-3-5-7-9-21-11-14-23(15-12-21)25-18-17-24-19-22(10-8-6-4-2)13-16-26(24)20-25/h21-26H,3-20H2,1-2H3/t21?,22-,23?,24-,25+,26+/m0/s1. The fraction of sp³-hybridized carbons (Fsp3) is 1.00. The summed E-state index contributed by atoms with van der Waals surface area (Å²) in [7, 11) is 0. The van der Waals surface area contributed by atoms with Crippen molar-refractivity contribution in [2.24, 2.45) is 35.5 Å². The summed E-state index contributed by atoms with van der Waals surface area (Å²) >= 11 is 0. The third-order valence-corrected chi connectivity index (χ3v) is 8.75. The van der Waals surface area contributed by atoms with E-state index in [4.69, 9.17) is 0 Å². The van der Waals surface area contributed by atoms with Crippen molar-refractivity contribution in [3.05, 3.63) is 0 Å². The van der Waals surface area contributed by atoms with Crippen molar-refractivity contribution in [2.45, 2.75) is 129 Å².